The minimum Gasteiger partial charge on any atom is -0.465 e. The summed E-state index contributed by atoms with van der Waals surface area (Å²) in [6, 6.07) is 27.2. The van der Waals surface area contributed by atoms with Gasteiger partial charge in [0, 0.05) is 23.3 Å². The molecule has 1 aromatic heterocycles. The SMILES string of the molecule is CCOC(=O)[C@@H](N)CSC1c2ccccc2Cc2ccc(Cc3ccc4ccccc4n3)cc21. The molecule has 2 N–H and O–H groups in total. The molecule has 3 aromatic carbocycles. The third-order valence-corrected chi connectivity index (χ3v) is 7.68. The summed E-state index contributed by atoms with van der Waals surface area (Å²) in [7, 11) is 0. The average molecular weight is 469 g/mol. The molecule has 0 radical (unpaired) electrons. The van der Waals surface area contributed by atoms with Gasteiger partial charge in [0.05, 0.1) is 17.4 Å². The number of nitrogens with two attached hydrogens (primary N) is 1. The molecule has 1 heterocycles. The van der Waals surface area contributed by atoms with Crippen LogP contribution in [0.5, 0.6) is 0 Å². The van der Waals surface area contributed by atoms with Crippen LogP contribution in [0.15, 0.2) is 78.9 Å². The number of carbonyl (C=O) groups excluding carboxylic acids is 1. The summed E-state index contributed by atoms with van der Waals surface area (Å²) in [6.07, 6.45) is 1.69. The Kier molecular flexibility index (Phi) is 6.66. The van der Waals surface area contributed by atoms with Crippen LogP contribution in [0.1, 0.15) is 45.7 Å². The van der Waals surface area contributed by atoms with E-state index in [1.165, 1.54) is 27.8 Å². The largest absolute Gasteiger partial charge is 0.465 e. The van der Waals surface area contributed by atoms with E-state index in [0.717, 1.165) is 29.4 Å². The van der Waals surface area contributed by atoms with E-state index in [0.29, 0.717) is 12.4 Å². The minimum absolute atomic E-state index is 0.130. The fourth-order valence-electron chi connectivity index (χ4n) is 4.60. The fraction of sp³-hybridized carbons (Fsp3) is 0.241. The third-order valence-electron chi connectivity index (χ3n) is 6.28. The van der Waals surface area contributed by atoms with E-state index in [4.69, 9.17) is 15.5 Å². The highest BCUT2D eigenvalue weighted by atomic mass is 32.2. The van der Waals surface area contributed by atoms with Crippen molar-refractivity contribution in [1.82, 2.24) is 4.98 Å². The molecule has 4 nitrogen and oxygen atoms in total. The number of nitrogens with zero attached hydrogens (tertiary/aromatic N) is 1. The number of benzene rings is 3. The molecular weight excluding hydrogens is 440 g/mol. The number of esters is 1. The van der Waals surface area contributed by atoms with Crippen LogP contribution in [0, 0.1) is 0 Å². The number of aromatic nitrogens is 1. The van der Waals surface area contributed by atoms with Crippen LogP contribution < -0.4 is 5.73 Å². The van der Waals surface area contributed by atoms with Gasteiger partial charge < -0.3 is 10.5 Å². The number of carbonyl (C=O) groups is 1. The van der Waals surface area contributed by atoms with Crippen molar-refractivity contribution in [3.63, 3.8) is 0 Å². The van der Waals surface area contributed by atoms with Gasteiger partial charge >= 0.3 is 5.97 Å². The molecule has 5 heteroatoms. The monoisotopic (exact) mass is 468 g/mol. The Balaban J connectivity index is 1.43. The number of thioether (sulfide) groups is 1. The highest BCUT2D eigenvalue weighted by Gasteiger charge is 2.27. The molecule has 5 rings (SSSR count). The second kappa shape index (κ2) is 10.00. The van der Waals surface area contributed by atoms with E-state index in [1.54, 1.807) is 18.7 Å². The molecule has 172 valence electrons. The summed E-state index contributed by atoms with van der Waals surface area (Å²) >= 11 is 1.72. The van der Waals surface area contributed by atoms with E-state index in [9.17, 15) is 4.79 Å². The van der Waals surface area contributed by atoms with Gasteiger partial charge in [-0.3, -0.25) is 9.78 Å². The van der Waals surface area contributed by atoms with Gasteiger partial charge in [-0.15, -0.1) is 11.8 Å². The van der Waals surface area contributed by atoms with E-state index in [-0.39, 0.29) is 11.2 Å². The van der Waals surface area contributed by atoms with Gasteiger partial charge in [0.15, 0.2) is 0 Å². The Morgan fingerprint density at radius 3 is 2.71 bits per heavy atom. The van der Waals surface area contributed by atoms with E-state index in [2.05, 4.69) is 66.7 Å². The number of hydrogen-bond acceptors (Lipinski definition) is 5. The maximum atomic E-state index is 12.1. The zero-order chi connectivity index (χ0) is 23.5. The molecule has 0 spiro atoms. The van der Waals surface area contributed by atoms with Crippen molar-refractivity contribution in [2.45, 2.75) is 31.1 Å². The summed E-state index contributed by atoms with van der Waals surface area (Å²) in [5.41, 5.74) is 14.7. The smallest absolute Gasteiger partial charge is 0.323 e. The third kappa shape index (κ3) is 4.72. The number of hydrogen-bond donors (Lipinski definition) is 1. The maximum absolute atomic E-state index is 12.1. The Bertz CT molecular complexity index is 1340. The zero-order valence-corrected chi connectivity index (χ0v) is 20.1. The van der Waals surface area contributed by atoms with Gasteiger partial charge in [0.2, 0.25) is 0 Å². The topological polar surface area (TPSA) is 65.2 Å². The van der Waals surface area contributed by atoms with E-state index >= 15 is 0 Å². The van der Waals surface area contributed by atoms with Crippen molar-refractivity contribution >= 4 is 28.6 Å². The molecule has 0 bridgehead atoms. The quantitative estimate of drug-likeness (QED) is 0.366. The molecule has 0 amide bonds. The molecule has 2 atom stereocenters. The van der Waals surface area contributed by atoms with Gasteiger partial charge in [-0.25, -0.2) is 0 Å². The number of para-hydroxylation sites is 1. The highest BCUT2D eigenvalue weighted by Crippen LogP contribution is 2.44. The first-order chi connectivity index (χ1) is 16.6. The molecule has 1 aliphatic rings. The summed E-state index contributed by atoms with van der Waals surface area (Å²) in [6.45, 7) is 2.15. The van der Waals surface area contributed by atoms with Crippen LogP contribution in [0.3, 0.4) is 0 Å². The van der Waals surface area contributed by atoms with Gasteiger partial charge in [-0.1, -0.05) is 66.7 Å². The lowest BCUT2D eigenvalue weighted by Crippen LogP contribution is -2.35. The Morgan fingerprint density at radius 1 is 1.03 bits per heavy atom. The van der Waals surface area contributed by atoms with Crippen molar-refractivity contribution in [2.24, 2.45) is 5.73 Å². The van der Waals surface area contributed by atoms with E-state index in [1.807, 2.05) is 12.1 Å². The zero-order valence-electron chi connectivity index (χ0n) is 19.2. The van der Waals surface area contributed by atoms with Crippen molar-refractivity contribution in [2.75, 3.05) is 12.4 Å². The normalized spacial score (nSPS) is 15.4. The van der Waals surface area contributed by atoms with Crippen molar-refractivity contribution in [1.29, 1.82) is 0 Å². The minimum atomic E-state index is -0.632. The Hall–Kier alpha value is -3.15. The molecular formula is C29H28N2O2S. The van der Waals surface area contributed by atoms with Gasteiger partial charge in [-0.2, -0.15) is 0 Å². The number of fused-ring (bicyclic) bond motifs is 3. The van der Waals surface area contributed by atoms with Crippen molar-refractivity contribution in [3.8, 4) is 0 Å². The second-order valence-corrected chi connectivity index (χ2v) is 9.79. The number of pyridine rings is 1. The lowest BCUT2D eigenvalue weighted by atomic mass is 9.84. The average Bonchev–Trinajstić information content (AvgIpc) is 2.86. The first-order valence-corrected chi connectivity index (χ1v) is 12.7. The Labute approximate surface area is 204 Å². The van der Waals surface area contributed by atoms with Crippen LogP contribution >= 0.6 is 11.8 Å². The van der Waals surface area contributed by atoms with Crippen LogP contribution in [-0.4, -0.2) is 29.4 Å². The highest BCUT2D eigenvalue weighted by molar-refractivity contribution is 7.99. The van der Waals surface area contributed by atoms with Crippen LogP contribution in [0.2, 0.25) is 0 Å². The van der Waals surface area contributed by atoms with Crippen LogP contribution in [0.25, 0.3) is 10.9 Å². The molecule has 0 aliphatic heterocycles. The fourth-order valence-corrected chi connectivity index (χ4v) is 5.94. The van der Waals surface area contributed by atoms with Crippen molar-refractivity contribution < 1.29 is 9.53 Å². The number of ether oxygens (including phenoxy) is 1. The van der Waals surface area contributed by atoms with E-state index < -0.39 is 6.04 Å². The standard InChI is InChI=1S/C29H28N2O2S/c1-2-33-29(32)26(30)18-34-28-24-9-5-3-8-21(24)17-22-12-11-19(16-25(22)28)15-23-14-13-20-7-4-6-10-27(20)31-23/h3-14,16,26,28H,2,15,17-18,30H2,1H3/t26-,28?/m0/s1. The van der Waals surface area contributed by atoms with Crippen molar-refractivity contribution in [3.05, 3.63) is 112 Å². The lowest BCUT2D eigenvalue weighted by Gasteiger charge is -2.29. The molecule has 4 aromatic rings. The first-order valence-electron chi connectivity index (χ1n) is 11.7. The summed E-state index contributed by atoms with van der Waals surface area (Å²) in [5.74, 6) is 0.170. The Morgan fingerprint density at radius 2 is 1.82 bits per heavy atom. The first kappa shape index (κ1) is 22.6. The summed E-state index contributed by atoms with van der Waals surface area (Å²) in [4.78, 5) is 17.0. The predicted molar refractivity (Wildman–Crippen MR) is 139 cm³/mol. The molecule has 0 saturated carbocycles. The van der Waals surface area contributed by atoms with Gasteiger partial charge in [-0.05, 0) is 53.3 Å². The van der Waals surface area contributed by atoms with Crippen LogP contribution in [-0.2, 0) is 22.4 Å². The van der Waals surface area contributed by atoms with Crippen LogP contribution in [0.4, 0.5) is 0 Å². The molecule has 0 fully saturated rings. The summed E-state index contributed by atoms with van der Waals surface area (Å²) in [5, 5.41) is 1.28. The van der Waals surface area contributed by atoms with Gasteiger partial charge in [0.25, 0.3) is 0 Å². The molecule has 1 unspecified atom stereocenters. The van der Waals surface area contributed by atoms with Gasteiger partial charge in [0.1, 0.15) is 6.04 Å². The molecule has 1 aliphatic carbocycles. The second-order valence-electron chi connectivity index (χ2n) is 8.65. The number of rotatable bonds is 7. The molecule has 0 saturated heterocycles. The predicted octanol–water partition coefficient (Wildman–Crippen LogP) is 5.44. The molecule has 34 heavy (non-hydrogen) atoms. The maximum Gasteiger partial charge on any atom is 0.323 e. The summed E-state index contributed by atoms with van der Waals surface area (Å²) < 4.78 is 5.11. The lowest BCUT2D eigenvalue weighted by molar-refractivity contribution is -0.144.